The molecule has 5 nitrogen and oxygen atoms in total. The fraction of sp³-hybridized carbons (Fsp3) is 0.667. The Kier molecular flexibility index (Phi) is 2.43. The molecule has 1 aromatic heterocycles. The number of nitrogens with one attached hydrogen (secondary N) is 2. The Morgan fingerprint density at radius 3 is 2.94 bits per heavy atom. The number of aromatic nitrogens is 2. The lowest BCUT2D eigenvalue weighted by molar-refractivity contribution is 0.358. The standard InChI is InChI=1S/C12H18N4O/c1-7(2)9-4-14-12(15-11(9)17)16-6-8-3-13-5-10(8)16/h4,7-8,10,13H,3,5-6H2,1-2H3,(H,14,15,17). The van der Waals surface area contributed by atoms with E-state index in [0.717, 1.165) is 37.1 Å². The molecule has 2 atom stereocenters. The molecule has 2 aliphatic rings. The molecule has 92 valence electrons. The first-order chi connectivity index (χ1) is 8.16. The number of hydrogen-bond donors (Lipinski definition) is 2. The summed E-state index contributed by atoms with van der Waals surface area (Å²) in [6.45, 7) is 7.11. The van der Waals surface area contributed by atoms with E-state index in [-0.39, 0.29) is 11.5 Å². The number of nitrogens with zero attached hydrogens (tertiary/aromatic N) is 2. The van der Waals surface area contributed by atoms with Crippen LogP contribution in [-0.2, 0) is 0 Å². The van der Waals surface area contributed by atoms with Gasteiger partial charge in [-0.25, -0.2) is 4.98 Å². The molecule has 3 rings (SSSR count). The summed E-state index contributed by atoms with van der Waals surface area (Å²) in [5, 5.41) is 3.37. The largest absolute Gasteiger partial charge is 0.337 e. The number of H-pyrrole nitrogens is 1. The maximum absolute atomic E-state index is 11.9. The summed E-state index contributed by atoms with van der Waals surface area (Å²) in [6.07, 6.45) is 1.72. The van der Waals surface area contributed by atoms with Crippen LogP contribution in [0.5, 0.6) is 0 Å². The van der Waals surface area contributed by atoms with E-state index in [4.69, 9.17) is 0 Å². The highest BCUT2D eigenvalue weighted by Gasteiger charge is 2.43. The second-order valence-electron chi connectivity index (χ2n) is 5.28. The topological polar surface area (TPSA) is 61.0 Å². The molecule has 2 unspecified atom stereocenters. The minimum atomic E-state index is -0.000550. The molecule has 0 spiro atoms. The first kappa shape index (κ1) is 10.8. The maximum Gasteiger partial charge on any atom is 0.255 e. The van der Waals surface area contributed by atoms with Gasteiger partial charge in [-0.2, -0.15) is 0 Å². The van der Waals surface area contributed by atoms with Crippen LogP contribution in [0.1, 0.15) is 25.3 Å². The summed E-state index contributed by atoms with van der Waals surface area (Å²) < 4.78 is 0. The summed E-state index contributed by atoms with van der Waals surface area (Å²) in [5.41, 5.74) is 0.759. The van der Waals surface area contributed by atoms with Crippen LogP contribution < -0.4 is 15.8 Å². The quantitative estimate of drug-likeness (QED) is 0.772. The van der Waals surface area contributed by atoms with Crippen molar-refractivity contribution in [3.8, 4) is 0 Å². The van der Waals surface area contributed by atoms with Gasteiger partial charge in [-0.15, -0.1) is 0 Å². The Morgan fingerprint density at radius 1 is 1.47 bits per heavy atom. The van der Waals surface area contributed by atoms with Crippen LogP contribution in [-0.4, -0.2) is 35.6 Å². The first-order valence-corrected chi connectivity index (χ1v) is 6.23. The lowest BCUT2D eigenvalue weighted by Gasteiger charge is -2.43. The van der Waals surface area contributed by atoms with Gasteiger partial charge in [0.15, 0.2) is 0 Å². The third kappa shape index (κ3) is 1.65. The van der Waals surface area contributed by atoms with Gasteiger partial charge >= 0.3 is 0 Å². The number of anilines is 1. The summed E-state index contributed by atoms with van der Waals surface area (Å²) in [5.74, 6) is 1.67. The van der Waals surface area contributed by atoms with Crippen LogP contribution in [0.4, 0.5) is 5.95 Å². The van der Waals surface area contributed by atoms with Gasteiger partial charge < -0.3 is 10.2 Å². The van der Waals surface area contributed by atoms with Gasteiger partial charge in [-0.3, -0.25) is 9.78 Å². The van der Waals surface area contributed by atoms with Gasteiger partial charge in [0.05, 0.1) is 0 Å². The van der Waals surface area contributed by atoms with E-state index in [9.17, 15) is 4.79 Å². The number of aromatic amines is 1. The summed E-state index contributed by atoms with van der Waals surface area (Å²) >= 11 is 0. The molecule has 2 fully saturated rings. The van der Waals surface area contributed by atoms with Crippen LogP contribution in [0.15, 0.2) is 11.0 Å². The number of fused-ring (bicyclic) bond motifs is 1. The van der Waals surface area contributed by atoms with Gasteiger partial charge in [0.1, 0.15) is 0 Å². The van der Waals surface area contributed by atoms with Crippen molar-refractivity contribution in [3.63, 3.8) is 0 Å². The van der Waals surface area contributed by atoms with E-state index in [2.05, 4.69) is 20.2 Å². The Bertz CT molecular complexity index is 482. The molecule has 2 N–H and O–H groups in total. The van der Waals surface area contributed by atoms with E-state index < -0.39 is 0 Å². The predicted octanol–water partition coefficient (Wildman–Crippen LogP) is 0.301. The first-order valence-electron chi connectivity index (χ1n) is 6.23. The van der Waals surface area contributed by atoms with E-state index >= 15 is 0 Å². The molecule has 0 bridgehead atoms. The van der Waals surface area contributed by atoms with E-state index in [0.29, 0.717) is 6.04 Å². The highest BCUT2D eigenvalue weighted by Crippen LogP contribution is 2.30. The third-order valence-electron chi connectivity index (χ3n) is 3.84. The molecule has 2 aliphatic heterocycles. The van der Waals surface area contributed by atoms with Crippen molar-refractivity contribution in [3.05, 3.63) is 22.1 Å². The van der Waals surface area contributed by atoms with Crippen molar-refractivity contribution in [2.45, 2.75) is 25.8 Å². The average Bonchev–Trinajstić information content (AvgIpc) is 2.60. The van der Waals surface area contributed by atoms with Crippen LogP contribution in [0.2, 0.25) is 0 Å². The summed E-state index contributed by atoms with van der Waals surface area (Å²) in [7, 11) is 0. The molecule has 17 heavy (non-hydrogen) atoms. The zero-order valence-corrected chi connectivity index (χ0v) is 10.2. The van der Waals surface area contributed by atoms with E-state index in [1.165, 1.54) is 0 Å². The van der Waals surface area contributed by atoms with Gasteiger partial charge in [0.2, 0.25) is 5.95 Å². The third-order valence-corrected chi connectivity index (χ3v) is 3.84. The fourth-order valence-electron chi connectivity index (χ4n) is 2.72. The highest BCUT2D eigenvalue weighted by molar-refractivity contribution is 5.39. The Balaban J connectivity index is 1.85. The molecule has 1 aromatic rings. The fourth-order valence-corrected chi connectivity index (χ4v) is 2.72. The summed E-state index contributed by atoms with van der Waals surface area (Å²) in [4.78, 5) is 21.4. The minimum absolute atomic E-state index is 0.000550. The zero-order valence-electron chi connectivity index (χ0n) is 10.2. The van der Waals surface area contributed by atoms with Crippen molar-refractivity contribution >= 4 is 5.95 Å². The lowest BCUT2D eigenvalue weighted by atomic mass is 9.92. The Hall–Kier alpha value is -1.36. The van der Waals surface area contributed by atoms with Crippen molar-refractivity contribution in [1.82, 2.24) is 15.3 Å². The van der Waals surface area contributed by atoms with Gasteiger partial charge in [-0.1, -0.05) is 13.8 Å². The molecule has 0 amide bonds. The molecule has 3 heterocycles. The van der Waals surface area contributed by atoms with Gasteiger partial charge in [-0.05, 0) is 5.92 Å². The molecule has 0 aliphatic carbocycles. The Morgan fingerprint density at radius 2 is 2.29 bits per heavy atom. The van der Waals surface area contributed by atoms with Crippen molar-refractivity contribution < 1.29 is 0 Å². The SMILES string of the molecule is CC(C)c1cnc(N2CC3CNCC32)[nH]c1=O. The molecule has 0 aromatic carbocycles. The maximum atomic E-state index is 11.9. The average molecular weight is 234 g/mol. The van der Waals surface area contributed by atoms with Crippen LogP contribution in [0.25, 0.3) is 0 Å². The highest BCUT2D eigenvalue weighted by atomic mass is 16.1. The van der Waals surface area contributed by atoms with Gasteiger partial charge in [0.25, 0.3) is 5.56 Å². The zero-order chi connectivity index (χ0) is 12.0. The second kappa shape index (κ2) is 3.84. The van der Waals surface area contributed by atoms with Crippen molar-refractivity contribution in [1.29, 1.82) is 0 Å². The monoisotopic (exact) mass is 234 g/mol. The smallest absolute Gasteiger partial charge is 0.255 e. The number of rotatable bonds is 2. The van der Waals surface area contributed by atoms with Crippen LogP contribution >= 0.6 is 0 Å². The molecule has 5 heteroatoms. The number of hydrogen-bond acceptors (Lipinski definition) is 4. The molecular weight excluding hydrogens is 216 g/mol. The molecular formula is C12H18N4O. The van der Waals surface area contributed by atoms with Crippen molar-refractivity contribution in [2.75, 3.05) is 24.5 Å². The lowest BCUT2D eigenvalue weighted by Crippen LogP contribution is -2.56. The van der Waals surface area contributed by atoms with E-state index in [1.807, 2.05) is 13.8 Å². The Labute approximate surface area is 100 Å². The predicted molar refractivity (Wildman–Crippen MR) is 66.4 cm³/mol. The van der Waals surface area contributed by atoms with Crippen LogP contribution in [0, 0.1) is 5.92 Å². The normalized spacial score (nSPS) is 27.1. The van der Waals surface area contributed by atoms with Crippen molar-refractivity contribution in [2.24, 2.45) is 5.92 Å². The van der Waals surface area contributed by atoms with Crippen LogP contribution in [0.3, 0.4) is 0 Å². The molecule has 2 saturated heterocycles. The second-order valence-corrected chi connectivity index (χ2v) is 5.28. The van der Waals surface area contributed by atoms with E-state index in [1.54, 1.807) is 6.20 Å². The van der Waals surface area contributed by atoms with Gasteiger partial charge in [0, 0.05) is 43.4 Å². The molecule has 0 saturated carbocycles. The molecule has 0 radical (unpaired) electrons. The minimum Gasteiger partial charge on any atom is -0.337 e. The summed E-state index contributed by atoms with van der Waals surface area (Å²) in [6, 6.07) is 0.517.